The first-order valence-electron chi connectivity index (χ1n) is 5.43. The molecular formula is C13H8F2N2O3. The molecule has 0 aliphatic heterocycles. The number of hydrogen-bond donors (Lipinski definition) is 2. The van der Waals surface area contributed by atoms with Crippen LogP contribution in [0.3, 0.4) is 0 Å². The van der Waals surface area contributed by atoms with Gasteiger partial charge in [0.1, 0.15) is 5.82 Å². The van der Waals surface area contributed by atoms with E-state index >= 15 is 0 Å². The lowest BCUT2D eigenvalue weighted by molar-refractivity contribution is 0.0696. The third kappa shape index (κ3) is 2.94. The van der Waals surface area contributed by atoms with Gasteiger partial charge in [0.15, 0.2) is 0 Å². The van der Waals surface area contributed by atoms with Gasteiger partial charge in [-0.3, -0.25) is 4.79 Å². The maximum atomic E-state index is 13.5. The number of carboxylic acid groups (broad SMARTS) is 1. The lowest BCUT2D eigenvalue weighted by Gasteiger charge is -2.07. The smallest absolute Gasteiger partial charge is 0.335 e. The first-order chi connectivity index (χ1) is 9.47. The first-order valence-corrected chi connectivity index (χ1v) is 5.43. The minimum atomic E-state index is -1.25. The lowest BCUT2D eigenvalue weighted by atomic mass is 10.2. The third-order valence-electron chi connectivity index (χ3n) is 2.45. The maximum Gasteiger partial charge on any atom is 0.335 e. The molecule has 2 rings (SSSR count). The van der Waals surface area contributed by atoms with Crippen LogP contribution in [0.5, 0.6) is 0 Å². The normalized spacial score (nSPS) is 10.1. The van der Waals surface area contributed by atoms with E-state index in [0.717, 1.165) is 30.5 Å². The molecule has 20 heavy (non-hydrogen) atoms. The predicted molar refractivity (Wildman–Crippen MR) is 65.5 cm³/mol. The van der Waals surface area contributed by atoms with Gasteiger partial charge in [0.05, 0.1) is 16.8 Å². The van der Waals surface area contributed by atoms with E-state index in [-0.39, 0.29) is 16.8 Å². The van der Waals surface area contributed by atoms with Crippen molar-refractivity contribution in [3.63, 3.8) is 0 Å². The minimum Gasteiger partial charge on any atom is -0.478 e. The number of aromatic nitrogens is 1. The van der Waals surface area contributed by atoms with Crippen LogP contribution in [0.15, 0.2) is 36.5 Å². The van der Waals surface area contributed by atoms with E-state index in [0.29, 0.717) is 0 Å². The van der Waals surface area contributed by atoms with Crippen LogP contribution < -0.4 is 5.32 Å². The molecule has 0 radical (unpaired) electrons. The van der Waals surface area contributed by atoms with Gasteiger partial charge in [0.2, 0.25) is 5.95 Å². The molecule has 0 atom stereocenters. The molecule has 0 saturated heterocycles. The number of carboxylic acids is 1. The average molecular weight is 278 g/mol. The molecule has 7 heteroatoms. The Bertz CT molecular complexity index is 672. The molecule has 1 heterocycles. The SMILES string of the molecule is O=C(O)c1ccc(F)c(NC(=O)c2ccc(F)nc2)c1. The molecule has 0 saturated carbocycles. The monoisotopic (exact) mass is 278 g/mol. The zero-order valence-corrected chi connectivity index (χ0v) is 9.93. The van der Waals surface area contributed by atoms with Crippen molar-refractivity contribution in [2.24, 2.45) is 0 Å². The highest BCUT2D eigenvalue weighted by atomic mass is 19.1. The number of carbonyl (C=O) groups is 2. The highest BCUT2D eigenvalue weighted by molar-refractivity contribution is 6.04. The second kappa shape index (κ2) is 5.43. The van der Waals surface area contributed by atoms with Gasteiger partial charge in [-0.1, -0.05) is 0 Å². The van der Waals surface area contributed by atoms with E-state index in [1.165, 1.54) is 6.07 Å². The van der Waals surface area contributed by atoms with Crippen molar-refractivity contribution in [3.05, 3.63) is 59.4 Å². The van der Waals surface area contributed by atoms with Gasteiger partial charge in [-0.15, -0.1) is 0 Å². The van der Waals surface area contributed by atoms with E-state index in [1.54, 1.807) is 0 Å². The number of aromatic carboxylic acids is 1. The topological polar surface area (TPSA) is 79.3 Å². The number of pyridine rings is 1. The second-order valence-electron chi connectivity index (χ2n) is 3.82. The van der Waals surface area contributed by atoms with Crippen LogP contribution in [0.4, 0.5) is 14.5 Å². The summed E-state index contributed by atoms with van der Waals surface area (Å²) in [6.45, 7) is 0. The van der Waals surface area contributed by atoms with Crippen molar-refractivity contribution in [2.45, 2.75) is 0 Å². The fraction of sp³-hybridized carbons (Fsp3) is 0. The molecule has 1 aromatic carbocycles. The summed E-state index contributed by atoms with van der Waals surface area (Å²) in [6.07, 6.45) is 0.990. The summed E-state index contributed by atoms with van der Waals surface area (Å²) in [6, 6.07) is 5.16. The summed E-state index contributed by atoms with van der Waals surface area (Å²) in [5.41, 5.74) is -0.426. The summed E-state index contributed by atoms with van der Waals surface area (Å²) in [4.78, 5) is 25.8. The van der Waals surface area contributed by atoms with Gasteiger partial charge < -0.3 is 10.4 Å². The third-order valence-corrected chi connectivity index (χ3v) is 2.45. The largest absolute Gasteiger partial charge is 0.478 e. The van der Waals surface area contributed by atoms with Crippen LogP contribution >= 0.6 is 0 Å². The first kappa shape index (κ1) is 13.6. The number of nitrogens with one attached hydrogen (secondary N) is 1. The lowest BCUT2D eigenvalue weighted by Crippen LogP contribution is -2.14. The number of amides is 1. The van der Waals surface area contributed by atoms with Crippen molar-refractivity contribution in [2.75, 3.05) is 5.32 Å². The van der Waals surface area contributed by atoms with Crippen LogP contribution in [0.1, 0.15) is 20.7 Å². The molecule has 0 fully saturated rings. The van der Waals surface area contributed by atoms with Crippen molar-refractivity contribution in [3.8, 4) is 0 Å². The van der Waals surface area contributed by atoms with Gasteiger partial charge in [0.25, 0.3) is 5.91 Å². The van der Waals surface area contributed by atoms with Crippen molar-refractivity contribution in [1.82, 2.24) is 4.98 Å². The molecule has 1 aromatic heterocycles. The summed E-state index contributed by atoms with van der Waals surface area (Å²) >= 11 is 0. The summed E-state index contributed by atoms with van der Waals surface area (Å²) in [5, 5.41) is 11.0. The standard InChI is InChI=1S/C13H8F2N2O3/c14-9-3-1-7(13(19)20)5-10(9)17-12(18)8-2-4-11(15)16-6-8/h1-6H,(H,17,18)(H,19,20). The number of benzene rings is 1. The number of hydrogen-bond acceptors (Lipinski definition) is 3. The number of halogens is 2. The highest BCUT2D eigenvalue weighted by Crippen LogP contribution is 2.17. The summed E-state index contributed by atoms with van der Waals surface area (Å²) in [5.74, 6) is -3.50. The number of anilines is 1. The minimum absolute atomic E-state index is 0.0199. The van der Waals surface area contributed by atoms with Gasteiger partial charge in [-0.2, -0.15) is 4.39 Å². The Morgan fingerprint density at radius 3 is 2.40 bits per heavy atom. The summed E-state index contributed by atoms with van der Waals surface area (Å²) in [7, 11) is 0. The maximum absolute atomic E-state index is 13.5. The molecule has 0 unspecified atom stereocenters. The fourth-order valence-electron chi connectivity index (χ4n) is 1.46. The van der Waals surface area contributed by atoms with Gasteiger partial charge in [-0.25, -0.2) is 14.2 Å². The molecule has 102 valence electrons. The van der Waals surface area contributed by atoms with Crippen LogP contribution in [0, 0.1) is 11.8 Å². The van der Waals surface area contributed by atoms with Crippen LogP contribution in [-0.2, 0) is 0 Å². The summed E-state index contributed by atoms with van der Waals surface area (Å²) < 4.78 is 26.1. The average Bonchev–Trinajstić information content (AvgIpc) is 2.41. The fourth-order valence-corrected chi connectivity index (χ4v) is 1.46. The van der Waals surface area contributed by atoms with Crippen molar-refractivity contribution >= 4 is 17.6 Å². The van der Waals surface area contributed by atoms with E-state index in [2.05, 4.69) is 10.3 Å². The molecule has 0 bridgehead atoms. The predicted octanol–water partition coefficient (Wildman–Crippen LogP) is 2.31. The Balaban J connectivity index is 2.25. The van der Waals surface area contributed by atoms with Gasteiger partial charge >= 0.3 is 5.97 Å². The van der Waals surface area contributed by atoms with Crippen LogP contribution in [0.25, 0.3) is 0 Å². The Kier molecular flexibility index (Phi) is 3.69. The Labute approximate surface area is 111 Å². The van der Waals surface area contributed by atoms with E-state index in [9.17, 15) is 18.4 Å². The molecular weight excluding hydrogens is 270 g/mol. The Hall–Kier alpha value is -2.83. The van der Waals surface area contributed by atoms with Crippen molar-refractivity contribution < 1.29 is 23.5 Å². The molecule has 0 spiro atoms. The molecule has 0 aliphatic rings. The Morgan fingerprint density at radius 2 is 1.80 bits per heavy atom. The highest BCUT2D eigenvalue weighted by Gasteiger charge is 2.12. The molecule has 0 aliphatic carbocycles. The Morgan fingerprint density at radius 1 is 1.10 bits per heavy atom. The van der Waals surface area contributed by atoms with Crippen LogP contribution in [0.2, 0.25) is 0 Å². The number of nitrogens with zero attached hydrogens (tertiary/aromatic N) is 1. The molecule has 1 amide bonds. The zero-order chi connectivity index (χ0) is 14.7. The van der Waals surface area contributed by atoms with Crippen molar-refractivity contribution in [1.29, 1.82) is 0 Å². The number of rotatable bonds is 3. The van der Waals surface area contributed by atoms with E-state index < -0.39 is 23.6 Å². The van der Waals surface area contributed by atoms with Gasteiger partial charge in [0, 0.05) is 6.20 Å². The number of carbonyl (C=O) groups excluding carboxylic acids is 1. The molecule has 5 nitrogen and oxygen atoms in total. The second-order valence-corrected chi connectivity index (χ2v) is 3.82. The van der Waals surface area contributed by atoms with E-state index in [4.69, 9.17) is 5.11 Å². The zero-order valence-electron chi connectivity index (χ0n) is 9.93. The van der Waals surface area contributed by atoms with Gasteiger partial charge in [-0.05, 0) is 30.3 Å². The van der Waals surface area contributed by atoms with Crippen LogP contribution in [-0.4, -0.2) is 22.0 Å². The van der Waals surface area contributed by atoms with E-state index in [1.807, 2.05) is 0 Å². The molecule has 2 aromatic rings. The quantitative estimate of drug-likeness (QED) is 0.844. The molecule has 2 N–H and O–H groups in total.